The minimum absolute atomic E-state index is 1.11. The molecule has 20 heavy (non-hydrogen) atoms. The van der Waals surface area contributed by atoms with E-state index in [1.807, 2.05) is 0 Å². The lowest BCUT2D eigenvalue weighted by Crippen LogP contribution is -2.53. The van der Waals surface area contributed by atoms with E-state index in [9.17, 15) is 0 Å². The summed E-state index contributed by atoms with van der Waals surface area (Å²) in [5, 5.41) is 2.69. The van der Waals surface area contributed by atoms with Gasteiger partial charge in [0.25, 0.3) is 0 Å². The van der Waals surface area contributed by atoms with Crippen LogP contribution >= 0.6 is 11.1 Å². The fourth-order valence-electron chi connectivity index (χ4n) is 2.78. The van der Waals surface area contributed by atoms with Crippen LogP contribution in [0.1, 0.15) is 30.9 Å². The summed E-state index contributed by atoms with van der Waals surface area (Å²) in [5.41, 5.74) is 2.62. The first kappa shape index (κ1) is 15.3. The summed E-state index contributed by atoms with van der Waals surface area (Å²) >= 11 is 7.25. The van der Waals surface area contributed by atoms with Gasteiger partial charge < -0.3 is 0 Å². The highest BCUT2D eigenvalue weighted by Crippen LogP contribution is 2.20. The van der Waals surface area contributed by atoms with Crippen LogP contribution < -0.4 is 10.4 Å². The first-order chi connectivity index (χ1) is 9.56. The average molecular weight is 303 g/mol. The third kappa shape index (κ3) is 3.34. The van der Waals surface area contributed by atoms with E-state index in [-0.39, 0.29) is 0 Å². The van der Waals surface area contributed by atoms with Crippen molar-refractivity contribution in [2.24, 2.45) is 0 Å². The second kappa shape index (κ2) is 6.60. The van der Waals surface area contributed by atoms with Gasteiger partial charge in [0.1, 0.15) is 0 Å². The molecule has 0 aromatic heterocycles. The summed E-state index contributed by atoms with van der Waals surface area (Å²) in [6.07, 6.45) is 2.39. The van der Waals surface area contributed by atoms with E-state index in [1.54, 1.807) is 0 Å². The lowest BCUT2D eigenvalue weighted by Gasteiger charge is -2.26. The van der Waals surface area contributed by atoms with Crippen molar-refractivity contribution in [3.05, 3.63) is 59.7 Å². The van der Waals surface area contributed by atoms with Gasteiger partial charge in [-0.25, -0.2) is 0 Å². The number of aryl methyl sites for hydroxylation is 2. The van der Waals surface area contributed by atoms with Crippen LogP contribution in [-0.4, -0.2) is 7.38 Å². The highest BCUT2D eigenvalue weighted by atomic mass is 35.6. The summed E-state index contributed by atoms with van der Waals surface area (Å²) in [5.74, 6) is 0. The Kier molecular flexibility index (Phi) is 5.06. The summed E-state index contributed by atoms with van der Waals surface area (Å²) in [6, 6.07) is 18.6. The van der Waals surface area contributed by atoms with Crippen LogP contribution in [-0.2, 0) is 0 Å². The number of rotatable bonds is 5. The average Bonchev–Trinajstić information content (AvgIpc) is 2.44. The highest BCUT2D eigenvalue weighted by molar-refractivity contribution is 7.34. The van der Waals surface area contributed by atoms with Crippen LogP contribution in [0.4, 0.5) is 0 Å². The molecule has 0 nitrogen and oxygen atoms in total. The molecule has 2 rings (SSSR count). The summed E-state index contributed by atoms with van der Waals surface area (Å²) < 4.78 is 0. The topological polar surface area (TPSA) is 0 Å². The van der Waals surface area contributed by atoms with E-state index in [0.717, 1.165) is 6.04 Å². The van der Waals surface area contributed by atoms with Gasteiger partial charge in [-0.15, -0.1) is 0 Å². The molecular formula is C18H23ClSi. The SMILES string of the molecule is CCCC[Si](Cl)(c1ccccc1)c1cc(C)cc(C)c1. The Labute approximate surface area is 128 Å². The molecule has 0 aliphatic rings. The second-order valence-corrected chi connectivity index (χ2v) is 10.8. The molecule has 0 N–H and O–H groups in total. The maximum atomic E-state index is 7.25. The normalized spacial score (nSPS) is 14.0. The van der Waals surface area contributed by atoms with Crippen molar-refractivity contribution < 1.29 is 0 Å². The van der Waals surface area contributed by atoms with Gasteiger partial charge in [-0.2, -0.15) is 11.1 Å². The molecule has 1 unspecified atom stereocenters. The van der Waals surface area contributed by atoms with Crippen molar-refractivity contribution in [2.75, 3.05) is 0 Å². The zero-order valence-electron chi connectivity index (χ0n) is 12.6. The first-order valence-corrected chi connectivity index (χ1v) is 10.6. The predicted octanol–water partition coefficient (Wildman–Crippen LogP) is 4.40. The standard InChI is InChI=1S/C18H23ClSi/c1-4-5-11-20(19,17-9-7-6-8-10-17)18-13-15(2)12-16(3)14-18/h6-10,12-14H,4-5,11H2,1-3H3. The van der Waals surface area contributed by atoms with E-state index in [0.29, 0.717) is 0 Å². The maximum Gasteiger partial charge on any atom is 0.217 e. The monoisotopic (exact) mass is 302 g/mol. The number of hydrogen-bond donors (Lipinski definition) is 0. The van der Waals surface area contributed by atoms with Crippen LogP contribution in [0.15, 0.2) is 48.5 Å². The molecule has 0 fully saturated rings. The quantitative estimate of drug-likeness (QED) is 0.567. The molecule has 0 aliphatic carbocycles. The van der Waals surface area contributed by atoms with Crippen molar-refractivity contribution in [2.45, 2.75) is 39.7 Å². The van der Waals surface area contributed by atoms with Gasteiger partial charge in [-0.05, 0) is 30.3 Å². The fraction of sp³-hybridized carbons (Fsp3) is 0.333. The van der Waals surface area contributed by atoms with Crippen molar-refractivity contribution in [1.82, 2.24) is 0 Å². The minimum Gasteiger partial charge on any atom is -0.155 e. The van der Waals surface area contributed by atoms with Crippen molar-refractivity contribution in [3.8, 4) is 0 Å². The molecule has 0 aliphatic heterocycles. The lowest BCUT2D eigenvalue weighted by molar-refractivity contribution is 0.876. The van der Waals surface area contributed by atoms with Crippen LogP contribution in [0, 0.1) is 13.8 Å². The van der Waals surface area contributed by atoms with Gasteiger partial charge in [0.15, 0.2) is 0 Å². The molecule has 1 atom stereocenters. The van der Waals surface area contributed by atoms with E-state index in [1.165, 1.54) is 34.3 Å². The molecule has 0 spiro atoms. The number of unbranched alkanes of at least 4 members (excludes halogenated alkanes) is 1. The van der Waals surface area contributed by atoms with Crippen LogP contribution in [0.2, 0.25) is 6.04 Å². The maximum absolute atomic E-state index is 7.25. The molecule has 0 heterocycles. The molecule has 0 bridgehead atoms. The van der Waals surface area contributed by atoms with Gasteiger partial charge in [0.2, 0.25) is 7.38 Å². The Hall–Kier alpha value is -1.05. The zero-order valence-corrected chi connectivity index (χ0v) is 14.4. The van der Waals surface area contributed by atoms with E-state index in [2.05, 4.69) is 69.3 Å². The minimum atomic E-state index is -2.11. The number of benzene rings is 2. The largest absolute Gasteiger partial charge is 0.217 e. The summed E-state index contributed by atoms with van der Waals surface area (Å²) in [4.78, 5) is 0. The number of halogens is 1. The first-order valence-electron chi connectivity index (χ1n) is 7.39. The smallest absolute Gasteiger partial charge is 0.155 e. The molecule has 2 heteroatoms. The molecule has 0 radical (unpaired) electrons. The van der Waals surface area contributed by atoms with Gasteiger partial charge in [-0.1, -0.05) is 79.4 Å². The second-order valence-electron chi connectivity index (χ2n) is 5.65. The highest BCUT2D eigenvalue weighted by Gasteiger charge is 2.34. The third-order valence-electron chi connectivity index (χ3n) is 3.79. The van der Waals surface area contributed by atoms with Crippen LogP contribution in [0.3, 0.4) is 0 Å². The summed E-state index contributed by atoms with van der Waals surface area (Å²) in [6.45, 7) is 6.55. The van der Waals surface area contributed by atoms with Gasteiger partial charge in [-0.3, -0.25) is 0 Å². The van der Waals surface area contributed by atoms with Crippen molar-refractivity contribution in [3.63, 3.8) is 0 Å². The molecular weight excluding hydrogens is 280 g/mol. The van der Waals surface area contributed by atoms with E-state index < -0.39 is 7.38 Å². The van der Waals surface area contributed by atoms with Crippen molar-refractivity contribution in [1.29, 1.82) is 0 Å². The predicted molar refractivity (Wildman–Crippen MR) is 92.9 cm³/mol. The van der Waals surface area contributed by atoms with Gasteiger partial charge >= 0.3 is 0 Å². The van der Waals surface area contributed by atoms with Crippen molar-refractivity contribution >= 4 is 28.8 Å². The summed E-state index contributed by atoms with van der Waals surface area (Å²) in [7, 11) is -2.11. The lowest BCUT2D eigenvalue weighted by atomic mass is 10.2. The Morgan fingerprint density at radius 1 is 0.900 bits per heavy atom. The fourth-order valence-corrected chi connectivity index (χ4v) is 7.27. The Morgan fingerprint density at radius 2 is 1.50 bits per heavy atom. The van der Waals surface area contributed by atoms with Gasteiger partial charge in [0.05, 0.1) is 0 Å². The van der Waals surface area contributed by atoms with E-state index >= 15 is 0 Å². The van der Waals surface area contributed by atoms with Gasteiger partial charge in [0, 0.05) is 0 Å². The molecule has 2 aromatic rings. The zero-order chi connectivity index (χ0) is 14.6. The Balaban J connectivity index is 2.51. The molecule has 0 saturated heterocycles. The Bertz CT molecular complexity index is 545. The molecule has 0 saturated carbocycles. The third-order valence-corrected chi connectivity index (χ3v) is 9.16. The number of hydrogen-bond acceptors (Lipinski definition) is 0. The molecule has 106 valence electrons. The van der Waals surface area contributed by atoms with Crippen LogP contribution in [0.25, 0.3) is 0 Å². The van der Waals surface area contributed by atoms with E-state index in [4.69, 9.17) is 11.1 Å². The van der Waals surface area contributed by atoms with Crippen LogP contribution in [0.5, 0.6) is 0 Å². The molecule has 2 aromatic carbocycles. The Morgan fingerprint density at radius 3 is 2.05 bits per heavy atom. The molecule has 0 amide bonds.